The van der Waals surface area contributed by atoms with E-state index in [1.54, 1.807) is 32.9 Å². The van der Waals surface area contributed by atoms with E-state index in [-0.39, 0.29) is 6.61 Å². The van der Waals surface area contributed by atoms with Gasteiger partial charge in [0.05, 0.1) is 18.3 Å². The van der Waals surface area contributed by atoms with Crippen LogP contribution in [0.2, 0.25) is 0 Å². The average molecular weight is 346 g/mol. The van der Waals surface area contributed by atoms with Crippen molar-refractivity contribution in [3.63, 3.8) is 0 Å². The van der Waals surface area contributed by atoms with Gasteiger partial charge in [0.15, 0.2) is 0 Å². The molecule has 0 spiro atoms. The Hall–Kier alpha value is -2.44. The van der Waals surface area contributed by atoms with E-state index in [2.05, 4.69) is 4.74 Å². The van der Waals surface area contributed by atoms with Crippen molar-refractivity contribution >= 4 is 22.7 Å². The molecule has 0 saturated heterocycles. The van der Waals surface area contributed by atoms with Gasteiger partial charge in [-0.2, -0.15) is 0 Å². The molecule has 0 unspecified atom stereocenters. The van der Waals surface area contributed by atoms with Crippen LogP contribution in [0, 0.1) is 0 Å². The molecule has 1 atom stereocenters. The molecule has 0 N–H and O–H groups in total. The van der Waals surface area contributed by atoms with Crippen molar-refractivity contribution in [3.05, 3.63) is 48.0 Å². The van der Waals surface area contributed by atoms with Crippen LogP contribution in [-0.2, 0) is 24.0 Å². The topological polar surface area (TPSA) is 71.1 Å². The van der Waals surface area contributed by atoms with Gasteiger partial charge in [0.2, 0.25) is 6.10 Å². The van der Waals surface area contributed by atoms with Crippen LogP contribution in [0.25, 0.3) is 10.8 Å². The lowest BCUT2D eigenvalue weighted by molar-refractivity contribution is -0.354. The number of benzene rings is 2. The summed E-state index contributed by atoms with van der Waals surface area (Å²) in [5, 5.41) is 1.64. The summed E-state index contributed by atoms with van der Waals surface area (Å²) in [5.41, 5.74) is -0.191. The van der Waals surface area contributed by atoms with Crippen LogP contribution in [0.4, 0.5) is 0 Å². The minimum absolute atomic E-state index is 0.263. The smallest absolute Gasteiger partial charge is 0.349 e. The molecule has 0 heterocycles. The molecule has 0 aliphatic rings. The zero-order valence-electron chi connectivity index (χ0n) is 14.8. The first-order valence-electron chi connectivity index (χ1n) is 7.89. The van der Waals surface area contributed by atoms with E-state index < -0.39 is 23.6 Å². The predicted molar refractivity (Wildman–Crippen MR) is 92.0 cm³/mol. The van der Waals surface area contributed by atoms with Crippen LogP contribution in [-0.4, -0.2) is 37.4 Å². The molecule has 0 aliphatic carbocycles. The largest absolute Gasteiger partial charge is 0.466 e. The van der Waals surface area contributed by atoms with Gasteiger partial charge in [-0.15, -0.1) is 0 Å². The summed E-state index contributed by atoms with van der Waals surface area (Å²) in [6, 6.07) is 12.7. The Kier molecular flexibility index (Phi) is 6.12. The van der Waals surface area contributed by atoms with Crippen LogP contribution in [0.5, 0.6) is 0 Å². The molecule has 0 amide bonds. The Balaban J connectivity index is 2.14. The third-order valence-corrected chi connectivity index (χ3v) is 3.25. The standard InChI is InChI=1S/C19H22O6/c1-19(2,3)25-23-12-16(18(21)22-4)24-17(20)15-11-7-9-13-8-5-6-10-14(13)15/h5-11,16H,12H2,1-4H3/t16-/m1/s1. The van der Waals surface area contributed by atoms with E-state index in [0.717, 1.165) is 10.8 Å². The first kappa shape index (κ1) is 18.9. The number of carbonyl (C=O) groups is 2. The minimum atomic E-state index is -1.22. The van der Waals surface area contributed by atoms with Gasteiger partial charge in [0.1, 0.15) is 6.61 Å². The number of rotatable bonds is 6. The Morgan fingerprint density at radius 2 is 1.72 bits per heavy atom. The van der Waals surface area contributed by atoms with Gasteiger partial charge < -0.3 is 9.47 Å². The Morgan fingerprint density at radius 3 is 2.40 bits per heavy atom. The van der Waals surface area contributed by atoms with Crippen LogP contribution < -0.4 is 0 Å². The maximum absolute atomic E-state index is 12.5. The lowest BCUT2D eigenvalue weighted by Gasteiger charge is -2.20. The number of fused-ring (bicyclic) bond motifs is 1. The first-order valence-corrected chi connectivity index (χ1v) is 7.89. The van der Waals surface area contributed by atoms with E-state index in [0.29, 0.717) is 5.56 Å². The minimum Gasteiger partial charge on any atom is -0.466 e. The maximum atomic E-state index is 12.5. The summed E-state index contributed by atoms with van der Waals surface area (Å²) >= 11 is 0. The van der Waals surface area contributed by atoms with Gasteiger partial charge in [-0.1, -0.05) is 36.4 Å². The van der Waals surface area contributed by atoms with Gasteiger partial charge in [-0.25, -0.2) is 19.4 Å². The van der Waals surface area contributed by atoms with Crippen LogP contribution >= 0.6 is 0 Å². The molecule has 0 saturated carbocycles. The van der Waals surface area contributed by atoms with E-state index in [9.17, 15) is 9.59 Å². The molecular weight excluding hydrogens is 324 g/mol. The zero-order chi connectivity index (χ0) is 18.4. The quantitative estimate of drug-likeness (QED) is 0.454. The highest BCUT2D eigenvalue weighted by Crippen LogP contribution is 2.20. The molecule has 2 aromatic carbocycles. The lowest BCUT2D eigenvalue weighted by Crippen LogP contribution is -2.34. The summed E-state index contributed by atoms with van der Waals surface area (Å²) in [5.74, 6) is -1.35. The summed E-state index contributed by atoms with van der Waals surface area (Å²) in [7, 11) is 1.21. The highest BCUT2D eigenvalue weighted by molar-refractivity contribution is 6.05. The fraction of sp³-hybridized carbons (Fsp3) is 0.368. The highest BCUT2D eigenvalue weighted by atomic mass is 17.2. The van der Waals surface area contributed by atoms with Crippen molar-refractivity contribution in [2.24, 2.45) is 0 Å². The van der Waals surface area contributed by atoms with Crippen LogP contribution in [0.15, 0.2) is 42.5 Å². The fourth-order valence-electron chi connectivity index (χ4n) is 2.15. The summed E-state index contributed by atoms with van der Waals surface area (Å²) in [4.78, 5) is 34.5. The number of hydrogen-bond donors (Lipinski definition) is 0. The number of carbonyl (C=O) groups excluding carboxylic acids is 2. The molecule has 0 bridgehead atoms. The Bertz CT molecular complexity index is 742. The van der Waals surface area contributed by atoms with Gasteiger partial charge in [-0.05, 0) is 37.6 Å². The second-order valence-electron chi connectivity index (χ2n) is 6.42. The summed E-state index contributed by atoms with van der Waals surface area (Å²) < 4.78 is 9.96. The van der Waals surface area contributed by atoms with Gasteiger partial charge in [-0.3, -0.25) is 0 Å². The molecule has 2 aromatic rings. The number of esters is 2. The van der Waals surface area contributed by atoms with E-state index in [4.69, 9.17) is 14.5 Å². The maximum Gasteiger partial charge on any atom is 0.349 e. The van der Waals surface area contributed by atoms with Gasteiger partial charge in [0.25, 0.3) is 0 Å². The Labute approximate surface area is 146 Å². The monoisotopic (exact) mass is 346 g/mol. The predicted octanol–water partition coefficient (Wildman–Crippen LogP) is 3.28. The second kappa shape index (κ2) is 8.09. The van der Waals surface area contributed by atoms with Gasteiger partial charge >= 0.3 is 11.9 Å². The van der Waals surface area contributed by atoms with Crippen molar-refractivity contribution in [3.8, 4) is 0 Å². The highest BCUT2D eigenvalue weighted by Gasteiger charge is 2.27. The van der Waals surface area contributed by atoms with Crippen molar-refractivity contribution < 1.29 is 28.8 Å². The lowest BCUT2D eigenvalue weighted by atomic mass is 10.0. The van der Waals surface area contributed by atoms with Crippen molar-refractivity contribution in [1.82, 2.24) is 0 Å². The Morgan fingerprint density at radius 1 is 1.04 bits per heavy atom. The average Bonchev–Trinajstić information content (AvgIpc) is 2.58. The van der Waals surface area contributed by atoms with E-state index in [1.807, 2.05) is 30.3 Å². The third kappa shape index (κ3) is 5.27. The van der Waals surface area contributed by atoms with Crippen molar-refractivity contribution in [2.75, 3.05) is 13.7 Å². The first-order chi connectivity index (χ1) is 11.8. The molecule has 0 aliphatic heterocycles. The number of methoxy groups -OCH3 is 1. The fourth-order valence-corrected chi connectivity index (χ4v) is 2.15. The molecule has 0 radical (unpaired) electrons. The third-order valence-electron chi connectivity index (χ3n) is 3.25. The molecule has 0 fully saturated rings. The SMILES string of the molecule is COC(=O)[C@@H](COOC(C)(C)C)OC(=O)c1cccc2ccccc12. The number of ether oxygens (including phenoxy) is 2. The second-order valence-corrected chi connectivity index (χ2v) is 6.42. The van der Waals surface area contributed by atoms with Gasteiger partial charge in [0, 0.05) is 0 Å². The molecule has 2 rings (SSSR count). The number of hydrogen-bond acceptors (Lipinski definition) is 6. The molecule has 0 aromatic heterocycles. The van der Waals surface area contributed by atoms with E-state index >= 15 is 0 Å². The molecule has 134 valence electrons. The van der Waals surface area contributed by atoms with Crippen molar-refractivity contribution in [2.45, 2.75) is 32.5 Å². The van der Waals surface area contributed by atoms with Crippen LogP contribution in [0.1, 0.15) is 31.1 Å². The van der Waals surface area contributed by atoms with Crippen LogP contribution in [0.3, 0.4) is 0 Å². The summed E-state index contributed by atoms with van der Waals surface area (Å²) in [6.45, 7) is 5.12. The molecule has 6 heteroatoms. The molecule has 25 heavy (non-hydrogen) atoms. The summed E-state index contributed by atoms with van der Waals surface area (Å²) in [6.07, 6.45) is -1.22. The van der Waals surface area contributed by atoms with Crippen molar-refractivity contribution in [1.29, 1.82) is 0 Å². The molecule has 6 nitrogen and oxygen atoms in total. The van der Waals surface area contributed by atoms with E-state index in [1.165, 1.54) is 7.11 Å². The zero-order valence-corrected chi connectivity index (χ0v) is 14.8. The molecular formula is C19H22O6. The normalized spacial score (nSPS) is 12.6.